The van der Waals surface area contributed by atoms with Crippen molar-refractivity contribution >= 4 is 34.6 Å². The number of hydrogen-bond donors (Lipinski definition) is 1. The van der Waals surface area contributed by atoms with E-state index in [9.17, 15) is 4.79 Å². The number of halogens is 1. The van der Waals surface area contributed by atoms with E-state index < -0.39 is 0 Å². The van der Waals surface area contributed by atoms with E-state index in [1.54, 1.807) is 7.05 Å². The molecule has 0 aliphatic carbocycles. The summed E-state index contributed by atoms with van der Waals surface area (Å²) < 4.78 is 1.46. The SMILES string of the molecule is CN(I)C(=O)Nc1ccccc1. The summed E-state index contributed by atoms with van der Waals surface area (Å²) in [4.78, 5) is 11.1. The van der Waals surface area contributed by atoms with Crippen LogP contribution in [0, 0.1) is 0 Å². The van der Waals surface area contributed by atoms with Crippen LogP contribution in [0.5, 0.6) is 0 Å². The predicted molar refractivity (Wildman–Crippen MR) is 57.2 cm³/mol. The molecule has 1 rings (SSSR count). The first-order chi connectivity index (χ1) is 5.70. The maximum absolute atomic E-state index is 11.1. The largest absolute Gasteiger partial charge is 0.330 e. The molecule has 0 atom stereocenters. The average molecular weight is 276 g/mol. The molecule has 0 saturated carbocycles. The lowest BCUT2D eigenvalue weighted by Crippen LogP contribution is -2.22. The molecule has 0 radical (unpaired) electrons. The predicted octanol–water partition coefficient (Wildman–Crippen LogP) is 2.50. The van der Waals surface area contributed by atoms with Gasteiger partial charge >= 0.3 is 6.03 Å². The molecule has 0 aromatic heterocycles. The fourth-order valence-corrected chi connectivity index (χ4v) is 0.843. The van der Waals surface area contributed by atoms with Crippen molar-refractivity contribution in [2.24, 2.45) is 0 Å². The number of anilines is 1. The molecular weight excluding hydrogens is 267 g/mol. The fraction of sp³-hybridized carbons (Fsp3) is 0.125. The van der Waals surface area contributed by atoms with Crippen LogP contribution in [0.25, 0.3) is 0 Å². The second-order valence-corrected chi connectivity index (χ2v) is 3.72. The summed E-state index contributed by atoms with van der Waals surface area (Å²) in [5, 5.41) is 2.72. The van der Waals surface area contributed by atoms with Gasteiger partial charge in [-0.3, -0.25) is 3.11 Å². The van der Waals surface area contributed by atoms with Crippen LogP contribution in [-0.2, 0) is 0 Å². The minimum absolute atomic E-state index is 0.123. The Labute approximate surface area is 85.3 Å². The number of benzene rings is 1. The van der Waals surface area contributed by atoms with Crippen molar-refractivity contribution in [2.45, 2.75) is 0 Å². The molecule has 2 amide bonds. The third-order valence-electron chi connectivity index (χ3n) is 1.30. The Morgan fingerprint density at radius 1 is 1.42 bits per heavy atom. The van der Waals surface area contributed by atoms with Crippen LogP contribution in [0.4, 0.5) is 10.5 Å². The molecule has 0 fully saturated rings. The summed E-state index contributed by atoms with van der Waals surface area (Å²) in [6.45, 7) is 0. The quantitative estimate of drug-likeness (QED) is 0.620. The topological polar surface area (TPSA) is 32.3 Å². The molecule has 3 nitrogen and oxygen atoms in total. The lowest BCUT2D eigenvalue weighted by Gasteiger charge is -2.09. The van der Waals surface area contributed by atoms with E-state index in [0.717, 1.165) is 5.69 Å². The van der Waals surface area contributed by atoms with Crippen molar-refractivity contribution in [3.8, 4) is 0 Å². The van der Waals surface area contributed by atoms with Crippen LogP contribution < -0.4 is 5.32 Å². The van der Waals surface area contributed by atoms with Gasteiger partial charge in [0.05, 0.1) is 22.9 Å². The summed E-state index contributed by atoms with van der Waals surface area (Å²) in [5.74, 6) is 0. The van der Waals surface area contributed by atoms with E-state index >= 15 is 0 Å². The Morgan fingerprint density at radius 3 is 2.50 bits per heavy atom. The average Bonchev–Trinajstić information content (AvgIpc) is 2.06. The van der Waals surface area contributed by atoms with Crippen molar-refractivity contribution in [3.05, 3.63) is 30.3 Å². The van der Waals surface area contributed by atoms with E-state index in [0.29, 0.717) is 0 Å². The lowest BCUT2D eigenvalue weighted by atomic mass is 10.3. The first-order valence-electron chi connectivity index (χ1n) is 3.45. The summed E-state index contributed by atoms with van der Waals surface area (Å²) >= 11 is 1.92. The van der Waals surface area contributed by atoms with Crippen molar-refractivity contribution < 1.29 is 4.79 Å². The number of amides is 2. The minimum atomic E-state index is -0.123. The van der Waals surface area contributed by atoms with Gasteiger partial charge in [-0.2, -0.15) is 0 Å². The molecule has 0 unspecified atom stereocenters. The Morgan fingerprint density at radius 2 is 2.00 bits per heavy atom. The van der Waals surface area contributed by atoms with Crippen molar-refractivity contribution in [1.29, 1.82) is 0 Å². The maximum atomic E-state index is 11.1. The van der Waals surface area contributed by atoms with Crippen LogP contribution in [0.15, 0.2) is 30.3 Å². The molecule has 0 bridgehead atoms. The van der Waals surface area contributed by atoms with Crippen LogP contribution in [0.1, 0.15) is 0 Å². The molecule has 0 aliphatic heterocycles. The molecule has 0 aliphatic rings. The van der Waals surface area contributed by atoms with Crippen LogP contribution >= 0.6 is 22.9 Å². The summed E-state index contributed by atoms with van der Waals surface area (Å²) in [6.07, 6.45) is 0. The van der Waals surface area contributed by atoms with E-state index in [4.69, 9.17) is 0 Å². The molecule has 0 saturated heterocycles. The monoisotopic (exact) mass is 276 g/mol. The number of nitrogens with one attached hydrogen (secondary N) is 1. The van der Waals surface area contributed by atoms with Gasteiger partial charge in [-0.15, -0.1) is 0 Å². The number of hydrogen-bond acceptors (Lipinski definition) is 1. The number of carbonyl (C=O) groups is 1. The molecule has 1 N–H and O–H groups in total. The summed E-state index contributed by atoms with van der Waals surface area (Å²) in [6, 6.07) is 9.23. The highest BCUT2D eigenvalue weighted by molar-refractivity contribution is 14.1. The molecule has 0 heterocycles. The number of urea groups is 1. The number of nitrogens with zero attached hydrogens (tertiary/aromatic N) is 1. The standard InChI is InChI=1S/C8H9IN2O/c1-11(9)8(12)10-7-5-3-2-4-6-7/h2-6H,1H3,(H,10,12). The zero-order valence-corrected chi connectivity index (χ0v) is 8.78. The Kier molecular flexibility index (Phi) is 3.33. The molecule has 4 heteroatoms. The van der Waals surface area contributed by atoms with E-state index in [-0.39, 0.29) is 6.03 Å². The van der Waals surface area contributed by atoms with Crippen LogP contribution in [0.2, 0.25) is 0 Å². The summed E-state index contributed by atoms with van der Waals surface area (Å²) in [7, 11) is 1.69. The second-order valence-electron chi connectivity index (χ2n) is 2.27. The first kappa shape index (κ1) is 9.31. The third-order valence-corrected chi connectivity index (χ3v) is 1.74. The first-order valence-corrected chi connectivity index (χ1v) is 4.42. The van der Waals surface area contributed by atoms with Crippen LogP contribution in [-0.4, -0.2) is 16.2 Å². The van der Waals surface area contributed by atoms with Gasteiger partial charge in [-0.1, -0.05) is 18.2 Å². The molecular formula is C8H9IN2O. The van der Waals surface area contributed by atoms with E-state index in [1.807, 2.05) is 53.2 Å². The Balaban J connectivity index is 2.59. The van der Waals surface area contributed by atoms with Gasteiger partial charge in [0, 0.05) is 12.7 Å². The Hall–Kier alpha value is -0.780. The highest BCUT2D eigenvalue weighted by Gasteiger charge is 2.03. The summed E-state index contributed by atoms with van der Waals surface area (Å²) in [5.41, 5.74) is 0.811. The number of rotatable bonds is 1. The van der Waals surface area contributed by atoms with Crippen molar-refractivity contribution in [3.63, 3.8) is 0 Å². The van der Waals surface area contributed by atoms with Gasteiger partial charge in [0.1, 0.15) is 0 Å². The molecule has 64 valence electrons. The molecule has 12 heavy (non-hydrogen) atoms. The number of carbonyl (C=O) groups excluding carboxylic acids is 1. The van der Waals surface area contributed by atoms with E-state index in [2.05, 4.69) is 5.32 Å². The van der Waals surface area contributed by atoms with Gasteiger partial charge in [0.25, 0.3) is 0 Å². The lowest BCUT2D eigenvalue weighted by molar-refractivity contribution is 0.245. The molecule has 1 aromatic rings. The third kappa shape index (κ3) is 2.69. The Bertz CT molecular complexity index is 261. The van der Waals surface area contributed by atoms with Gasteiger partial charge in [-0.05, 0) is 12.1 Å². The second kappa shape index (κ2) is 4.30. The van der Waals surface area contributed by atoms with Gasteiger partial charge in [0.15, 0.2) is 0 Å². The van der Waals surface area contributed by atoms with Crippen molar-refractivity contribution in [1.82, 2.24) is 3.11 Å². The fourth-order valence-electron chi connectivity index (χ4n) is 0.722. The van der Waals surface area contributed by atoms with E-state index in [1.165, 1.54) is 3.11 Å². The van der Waals surface area contributed by atoms with Gasteiger partial charge in [-0.25, -0.2) is 4.79 Å². The molecule has 1 aromatic carbocycles. The maximum Gasteiger partial charge on any atom is 0.330 e. The van der Waals surface area contributed by atoms with Crippen LogP contribution in [0.3, 0.4) is 0 Å². The molecule has 0 spiro atoms. The zero-order valence-electron chi connectivity index (χ0n) is 6.62. The highest BCUT2D eigenvalue weighted by Crippen LogP contribution is 2.06. The van der Waals surface area contributed by atoms with Crippen molar-refractivity contribution in [2.75, 3.05) is 12.4 Å². The minimum Gasteiger partial charge on any atom is -0.307 e. The smallest absolute Gasteiger partial charge is 0.307 e. The normalized spacial score (nSPS) is 9.17. The number of para-hydroxylation sites is 1. The van der Waals surface area contributed by atoms with Gasteiger partial charge < -0.3 is 5.32 Å². The highest BCUT2D eigenvalue weighted by atomic mass is 127. The van der Waals surface area contributed by atoms with Gasteiger partial charge in [0.2, 0.25) is 0 Å². The zero-order chi connectivity index (χ0) is 8.97.